The Morgan fingerprint density at radius 1 is 1.26 bits per heavy atom. The van der Waals surface area contributed by atoms with Gasteiger partial charge in [0.25, 0.3) is 5.91 Å². The van der Waals surface area contributed by atoms with Gasteiger partial charge in [-0.1, -0.05) is 17.8 Å². The number of carbonyl (C=O) groups is 1. The number of methoxy groups -OCH3 is 1. The molecular weight excluding hydrogens is 365 g/mol. The minimum Gasteiger partial charge on any atom is -0.494 e. The third-order valence-electron chi connectivity index (χ3n) is 4.22. The molecule has 1 N–H and O–H groups in total. The predicted octanol–water partition coefficient (Wildman–Crippen LogP) is 4.23. The molecule has 0 aliphatic carbocycles. The molecule has 2 aromatic carbocycles. The quantitative estimate of drug-likeness (QED) is 0.645. The minimum absolute atomic E-state index is 0.178. The number of thioether (sulfide) groups is 1. The molecule has 0 fully saturated rings. The first-order valence-electron chi connectivity index (χ1n) is 8.35. The third kappa shape index (κ3) is 4.14. The van der Waals surface area contributed by atoms with Crippen LogP contribution in [0.1, 0.15) is 28.9 Å². The Labute approximate surface area is 161 Å². The summed E-state index contributed by atoms with van der Waals surface area (Å²) in [5.41, 5.74) is 2.13. The summed E-state index contributed by atoms with van der Waals surface area (Å²) in [4.78, 5) is 16.8. The molecule has 0 unspecified atom stereocenters. The Bertz CT molecular complexity index is 941. The highest BCUT2D eigenvalue weighted by Gasteiger charge is 2.14. The number of nitrogens with zero attached hydrogens (tertiary/aromatic N) is 2. The third-order valence-corrected chi connectivity index (χ3v) is 4.89. The predicted molar refractivity (Wildman–Crippen MR) is 104 cm³/mol. The van der Waals surface area contributed by atoms with Crippen molar-refractivity contribution in [3.8, 4) is 11.4 Å². The lowest BCUT2D eigenvalue weighted by atomic mass is 10.1. The van der Waals surface area contributed by atoms with E-state index in [4.69, 9.17) is 4.74 Å². The van der Waals surface area contributed by atoms with Crippen molar-refractivity contribution in [2.24, 2.45) is 0 Å². The van der Waals surface area contributed by atoms with E-state index in [0.717, 1.165) is 10.8 Å². The molecule has 27 heavy (non-hydrogen) atoms. The number of aromatic nitrogens is 2. The zero-order chi connectivity index (χ0) is 19.4. The second kappa shape index (κ2) is 8.26. The molecule has 0 saturated heterocycles. The van der Waals surface area contributed by atoms with E-state index in [-0.39, 0.29) is 17.7 Å². The molecular formula is C20H20FN3O2S. The van der Waals surface area contributed by atoms with Crippen LogP contribution in [0.2, 0.25) is 0 Å². The second-order valence-electron chi connectivity index (χ2n) is 5.92. The Morgan fingerprint density at radius 2 is 2.00 bits per heavy atom. The maximum Gasteiger partial charge on any atom is 0.251 e. The monoisotopic (exact) mass is 385 g/mol. The number of benzene rings is 2. The molecule has 0 saturated carbocycles. The first kappa shape index (κ1) is 19.0. The van der Waals surface area contributed by atoms with Crippen molar-refractivity contribution in [2.45, 2.75) is 18.1 Å². The molecule has 3 rings (SSSR count). The fraction of sp³-hybridized carbons (Fsp3) is 0.200. The Balaban J connectivity index is 1.71. The van der Waals surface area contributed by atoms with E-state index in [1.807, 2.05) is 36.1 Å². The van der Waals surface area contributed by atoms with Crippen molar-refractivity contribution in [3.05, 3.63) is 71.8 Å². The lowest BCUT2D eigenvalue weighted by molar-refractivity contribution is 0.0940. The van der Waals surface area contributed by atoms with E-state index in [0.29, 0.717) is 11.1 Å². The molecule has 3 aromatic rings. The lowest BCUT2D eigenvalue weighted by Gasteiger charge is -2.15. The van der Waals surface area contributed by atoms with E-state index >= 15 is 0 Å². The van der Waals surface area contributed by atoms with Crippen molar-refractivity contribution < 1.29 is 13.9 Å². The molecule has 1 amide bonds. The number of hydrogen-bond donors (Lipinski definition) is 1. The molecule has 5 nitrogen and oxygen atoms in total. The van der Waals surface area contributed by atoms with E-state index in [2.05, 4.69) is 10.3 Å². The number of halogens is 1. The van der Waals surface area contributed by atoms with Gasteiger partial charge in [0.1, 0.15) is 0 Å². The number of nitrogens with one attached hydrogen (secondary N) is 1. The van der Waals surface area contributed by atoms with E-state index < -0.39 is 5.82 Å². The van der Waals surface area contributed by atoms with Gasteiger partial charge in [0.2, 0.25) is 0 Å². The normalized spacial score (nSPS) is 11.9. The van der Waals surface area contributed by atoms with Crippen molar-refractivity contribution in [1.29, 1.82) is 0 Å². The molecule has 0 bridgehead atoms. The maximum absolute atomic E-state index is 13.9. The molecule has 7 heteroatoms. The van der Waals surface area contributed by atoms with Crippen LogP contribution in [0.5, 0.6) is 5.75 Å². The van der Waals surface area contributed by atoms with Crippen molar-refractivity contribution in [2.75, 3.05) is 13.4 Å². The van der Waals surface area contributed by atoms with Crippen LogP contribution in [0.3, 0.4) is 0 Å². The van der Waals surface area contributed by atoms with E-state index in [1.54, 1.807) is 42.2 Å². The number of hydrogen-bond acceptors (Lipinski definition) is 4. The van der Waals surface area contributed by atoms with Crippen LogP contribution in [-0.2, 0) is 0 Å². The van der Waals surface area contributed by atoms with Crippen LogP contribution in [0, 0.1) is 5.82 Å². The van der Waals surface area contributed by atoms with Crippen molar-refractivity contribution in [3.63, 3.8) is 0 Å². The molecule has 140 valence electrons. The summed E-state index contributed by atoms with van der Waals surface area (Å²) < 4.78 is 20.7. The van der Waals surface area contributed by atoms with Gasteiger partial charge >= 0.3 is 0 Å². The Hall–Kier alpha value is -2.80. The number of imidazole rings is 1. The lowest BCUT2D eigenvalue weighted by Crippen LogP contribution is -2.26. The van der Waals surface area contributed by atoms with Crippen LogP contribution in [0.15, 0.2) is 60.0 Å². The molecule has 1 atom stereocenters. The molecule has 1 heterocycles. The van der Waals surface area contributed by atoms with Crippen LogP contribution in [0.25, 0.3) is 5.69 Å². The summed E-state index contributed by atoms with van der Waals surface area (Å²) in [6.07, 6.45) is 5.58. The smallest absolute Gasteiger partial charge is 0.251 e. The highest BCUT2D eigenvalue weighted by atomic mass is 32.2. The van der Waals surface area contributed by atoms with Crippen LogP contribution in [0.4, 0.5) is 4.39 Å². The van der Waals surface area contributed by atoms with Gasteiger partial charge < -0.3 is 10.1 Å². The first-order chi connectivity index (χ1) is 13.0. The molecule has 1 aromatic heterocycles. The fourth-order valence-electron chi connectivity index (χ4n) is 2.73. The highest BCUT2D eigenvalue weighted by molar-refractivity contribution is 7.98. The summed E-state index contributed by atoms with van der Waals surface area (Å²) in [5.74, 6) is -0.497. The maximum atomic E-state index is 13.9. The van der Waals surface area contributed by atoms with Gasteiger partial charge in [-0.05, 0) is 55.1 Å². The fourth-order valence-corrected chi connectivity index (χ4v) is 3.26. The van der Waals surface area contributed by atoms with Crippen LogP contribution in [-0.4, -0.2) is 28.8 Å². The summed E-state index contributed by atoms with van der Waals surface area (Å²) >= 11 is 1.55. The Morgan fingerprint density at radius 3 is 2.63 bits per heavy atom. The Kier molecular flexibility index (Phi) is 5.81. The zero-order valence-electron chi connectivity index (χ0n) is 15.3. The van der Waals surface area contributed by atoms with Gasteiger partial charge in [-0.25, -0.2) is 9.37 Å². The van der Waals surface area contributed by atoms with Crippen molar-refractivity contribution >= 4 is 17.7 Å². The number of ether oxygens (including phenoxy) is 1. The van der Waals surface area contributed by atoms with E-state index in [9.17, 15) is 9.18 Å². The molecule has 0 spiro atoms. The SMILES string of the molecule is COc1ccc([C@@H](C)NC(=O)c2ccc(-n3ccnc3SC)cc2)cc1F. The standard InChI is InChI=1S/C20H20FN3O2S/c1-13(15-6-9-18(26-2)17(21)12-15)23-19(25)14-4-7-16(8-5-14)24-11-10-22-20(24)27-3/h4-13H,1-3H3,(H,23,25)/t13-/m1/s1. The van der Waals surface area contributed by atoms with Crippen LogP contribution < -0.4 is 10.1 Å². The van der Waals surface area contributed by atoms with Gasteiger partial charge in [-0.2, -0.15) is 0 Å². The van der Waals surface area contributed by atoms with Crippen molar-refractivity contribution in [1.82, 2.24) is 14.9 Å². The van der Waals surface area contributed by atoms with Crippen LogP contribution >= 0.6 is 11.8 Å². The van der Waals surface area contributed by atoms with E-state index in [1.165, 1.54) is 13.2 Å². The highest BCUT2D eigenvalue weighted by Crippen LogP contribution is 2.22. The molecule has 0 radical (unpaired) electrons. The average Bonchev–Trinajstić information content (AvgIpc) is 3.16. The molecule has 0 aliphatic rings. The van der Waals surface area contributed by atoms with Gasteiger partial charge in [-0.3, -0.25) is 9.36 Å². The van der Waals surface area contributed by atoms with Gasteiger partial charge in [0, 0.05) is 23.6 Å². The topological polar surface area (TPSA) is 56.1 Å². The summed E-state index contributed by atoms with van der Waals surface area (Å²) in [5, 5.41) is 3.76. The van der Waals surface area contributed by atoms with Gasteiger partial charge in [0.05, 0.1) is 13.2 Å². The second-order valence-corrected chi connectivity index (χ2v) is 6.69. The number of rotatable bonds is 6. The van der Waals surface area contributed by atoms with Gasteiger partial charge in [-0.15, -0.1) is 0 Å². The summed E-state index contributed by atoms with van der Waals surface area (Å²) in [6, 6.07) is 11.6. The summed E-state index contributed by atoms with van der Waals surface area (Å²) in [6.45, 7) is 1.81. The first-order valence-corrected chi connectivity index (χ1v) is 9.58. The molecule has 0 aliphatic heterocycles. The number of carbonyl (C=O) groups excluding carboxylic acids is 1. The summed E-state index contributed by atoms with van der Waals surface area (Å²) in [7, 11) is 1.42. The van der Waals surface area contributed by atoms with Gasteiger partial charge in [0.15, 0.2) is 16.7 Å². The zero-order valence-corrected chi connectivity index (χ0v) is 16.1. The largest absolute Gasteiger partial charge is 0.494 e. The average molecular weight is 385 g/mol. The number of amides is 1. The minimum atomic E-state index is -0.453.